The number of ether oxygens (including phenoxy) is 1. The van der Waals surface area contributed by atoms with Crippen LogP contribution in [0.3, 0.4) is 0 Å². The molecular formula is C62H119NO5. The number of aliphatic hydroxyl groups excluding tert-OH is 2. The fraction of sp³-hybridized carbons (Fsp3) is 0.903. The lowest BCUT2D eigenvalue weighted by atomic mass is 10.0. The van der Waals surface area contributed by atoms with Gasteiger partial charge < -0.3 is 20.3 Å². The fourth-order valence-corrected chi connectivity index (χ4v) is 9.51. The van der Waals surface area contributed by atoms with Crippen LogP contribution in [0.2, 0.25) is 0 Å². The van der Waals surface area contributed by atoms with Gasteiger partial charge in [0.05, 0.1) is 25.4 Å². The standard InChI is InChI=1S/C62H119NO5/c1-3-5-7-9-11-13-15-17-18-19-22-26-29-32-36-40-44-48-52-56-62(67)68-57-53-49-45-41-37-33-30-27-24-21-20-23-25-28-31-35-39-43-47-51-55-61(66)63-59(58-64)60(65)54-50-46-42-38-34-16-14-12-10-8-6-4-2/h20,23,50,54,59-60,64-65H,3-19,21-22,24-49,51-53,55-58H2,1-2H3,(H,63,66)/b23-20-,54-50+. The lowest BCUT2D eigenvalue weighted by Gasteiger charge is -2.20. The molecule has 0 aromatic carbocycles. The summed E-state index contributed by atoms with van der Waals surface area (Å²) in [4.78, 5) is 24.5. The van der Waals surface area contributed by atoms with E-state index in [9.17, 15) is 19.8 Å². The zero-order valence-electron chi connectivity index (χ0n) is 45.9. The number of aliphatic hydroxyl groups is 2. The summed E-state index contributed by atoms with van der Waals surface area (Å²) >= 11 is 0. The van der Waals surface area contributed by atoms with E-state index in [0.29, 0.717) is 19.4 Å². The van der Waals surface area contributed by atoms with Crippen LogP contribution in [-0.4, -0.2) is 47.4 Å². The summed E-state index contributed by atoms with van der Waals surface area (Å²) in [6.45, 7) is 4.91. The molecule has 1 amide bonds. The van der Waals surface area contributed by atoms with Gasteiger partial charge in [0, 0.05) is 12.8 Å². The molecule has 0 radical (unpaired) electrons. The monoisotopic (exact) mass is 958 g/mol. The highest BCUT2D eigenvalue weighted by Crippen LogP contribution is 2.17. The molecule has 0 heterocycles. The number of hydrogen-bond acceptors (Lipinski definition) is 5. The summed E-state index contributed by atoms with van der Waals surface area (Å²) in [5.41, 5.74) is 0. The van der Waals surface area contributed by atoms with Crippen LogP contribution in [0.25, 0.3) is 0 Å². The molecule has 0 saturated heterocycles. The molecule has 2 atom stereocenters. The average Bonchev–Trinajstić information content (AvgIpc) is 3.34. The number of rotatable bonds is 57. The number of esters is 1. The molecule has 0 aliphatic heterocycles. The molecule has 0 saturated carbocycles. The van der Waals surface area contributed by atoms with Crippen molar-refractivity contribution in [3.8, 4) is 0 Å². The third-order valence-corrected chi connectivity index (χ3v) is 14.2. The molecule has 0 aromatic heterocycles. The van der Waals surface area contributed by atoms with Gasteiger partial charge in [-0.05, 0) is 57.8 Å². The van der Waals surface area contributed by atoms with Crippen molar-refractivity contribution in [2.45, 2.75) is 347 Å². The van der Waals surface area contributed by atoms with Crippen molar-refractivity contribution in [3.63, 3.8) is 0 Å². The highest BCUT2D eigenvalue weighted by Gasteiger charge is 2.18. The Morgan fingerprint density at radius 2 is 0.691 bits per heavy atom. The Hall–Kier alpha value is -1.66. The van der Waals surface area contributed by atoms with E-state index >= 15 is 0 Å². The van der Waals surface area contributed by atoms with E-state index in [0.717, 1.165) is 44.9 Å². The van der Waals surface area contributed by atoms with Gasteiger partial charge in [-0.2, -0.15) is 0 Å². The second-order valence-electron chi connectivity index (χ2n) is 21.0. The van der Waals surface area contributed by atoms with Crippen molar-refractivity contribution >= 4 is 11.9 Å². The normalized spacial score (nSPS) is 12.7. The Morgan fingerprint density at radius 1 is 0.397 bits per heavy atom. The van der Waals surface area contributed by atoms with Crippen LogP contribution in [0.1, 0.15) is 335 Å². The van der Waals surface area contributed by atoms with Gasteiger partial charge in [0.1, 0.15) is 0 Å². The molecule has 0 aromatic rings. The predicted molar refractivity (Wildman–Crippen MR) is 296 cm³/mol. The SMILES string of the molecule is CCCCCCCCCCCC/C=C/C(O)C(CO)NC(=O)CCCCCCCCC/C=C\CCCCCCCCCCCOC(=O)CCCCCCCCCCCCCCCCCCCCC. The first-order valence-corrected chi connectivity index (χ1v) is 30.6. The third-order valence-electron chi connectivity index (χ3n) is 14.2. The third kappa shape index (κ3) is 53.7. The van der Waals surface area contributed by atoms with Gasteiger partial charge in [-0.25, -0.2) is 0 Å². The number of unbranched alkanes of at least 4 members (excludes halogenated alkanes) is 44. The summed E-state index contributed by atoms with van der Waals surface area (Å²) in [6.07, 6.45) is 70.7. The van der Waals surface area contributed by atoms with E-state index in [2.05, 4.69) is 31.3 Å². The van der Waals surface area contributed by atoms with Crippen molar-refractivity contribution in [1.82, 2.24) is 5.32 Å². The maximum absolute atomic E-state index is 12.4. The van der Waals surface area contributed by atoms with E-state index in [-0.39, 0.29) is 18.5 Å². The lowest BCUT2D eigenvalue weighted by Crippen LogP contribution is -2.45. The van der Waals surface area contributed by atoms with Gasteiger partial charge in [-0.3, -0.25) is 9.59 Å². The van der Waals surface area contributed by atoms with Gasteiger partial charge in [0.25, 0.3) is 0 Å². The van der Waals surface area contributed by atoms with Crippen molar-refractivity contribution < 1.29 is 24.5 Å². The van der Waals surface area contributed by atoms with E-state index in [4.69, 9.17) is 4.74 Å². The maximum Gasteiger partial charge on any atom is 0.305 e. The Kier molecular flexibility index (Phi) is 56.5. The molecule has 68 heavy (non-hydrogen) atoms. The molecule has 6 heteroatoms. The van der Waals surface area contributed by atoms with Gasteiger partial charge in [0.2, 0.25) is 5.91 Å². The van der Waals surface area contributed by atoms with Crippen LogP contribution in [0.5, 0.6) is 0 Å². The van der Waals surface area contributed by atoms with E-state index in [1.807, 2.05) is 6.08 Å². The summed E-state index contributed by atoms with van der Waals surface area (Å²) in [7, 11) is 0. The first kappa shape index (κ1) is 66.3. The predicted octanol–water partition coefficient (Wildman–Crippen LogP) is 19.0. The van der Waals surface area contributed by atoms with Crippen LogP contribution in [0.4, 0.5) is 0 Å². The van der Waals surface area contributed by atoms with Gasteiger partial charge in [-0.15, -0.1) is 0 Å². The molecule has 0 fully saturated rings. The molecular weight excluding hydrogens is 839 g/mol. The minimum Gasteiger partial charge on any atom is -0.466 e. The molecule has 2 unspecified atom stereocenters. The number of amides is 1. The van der Waals surface area contributed by atoms with Gasteiger partial charge in [0.15, 0.2) is 0 Å². The minimum atomic E-state index is -0.848. The molecule has 0 spiro atoms. The van der Waals surface area contributed by atoms with Crippen molar-refractivity contribution in [2.24, 2.45) is 0 Å². The van der Waals surface area contributed by atoms with Crippen molar-refractivity contribution in [2.75, 3.05) is 13.2 Å². The number of carbonyl (C=O) groups excluding carboxylic acids is 2. The molecule has 6 nitrogen and oxygen atoms in total. The highest BCUT2D eigenvalue weighted by molar-refractivity contribution is 5.76. The van der Waals surface area contributed by atoms with Gasteiger partial charge in [-0.1, -0.05) is 289 Å². The van der Waals surface area contributed by atoms with Crippen molar-refractivity contribution in [1.29, 1.82) is 0 Å². The number of allylic oxidation sites excluding steroid dienone is 3. The fourth-order valence-electron chi connectivity index (χ4n) is 9.51. The van der Waals surface area contributed by atoms with E-state index in [1.54, 1.807) is 6.08 Å². The van der Waals surface area contributed by atoms with Crippen LogP contribution in [-0.2, 0) is 14.3 Å². The van der Waals surface area contributed by atoms with Crippen molar-refractivity contribution in [3.05, 3.63) is 24.3 Å². The van der Waals surface area contributed by atoms with E-state index < -0.39 is 12.1 Å². The molecule has 0 rings (SSSR count). The quantitative estimate of drug-likeness (QED) is 0.0321. The second kappa shape index (κ2) is 57.9. The van der Waals surface area contributed by atoms with Crippen LogP contribution >= 0.6 is 0 Å². The highest BCUT2D eigenvalue weighted by atomic mass is 16.5. The summed E-state index contributed by atoms with van der Waals surface area (Å²) in [5, 5.41) is 23.0. The van der Waals surface area contributed by atoms with Crippen LogP contribution in [0.15, 0.2) is 24.3 Å². The molecule has 402 valence electrons. The first-order valence-electron chi connectivity index (χ1n) is 30.6. The Balaban J connectivity index is 3.40. The molecule has 3 N–H and O–H groups in total. The Bertz CT molecular complexity index is 1060. The second-order valence-corrected chi connectivity index (χ2v) is 21.0. The molecule has 0 bridgehead atoms. The van der Waals surface area contributed by atoms with Gasteiger partial charge >= 0.3 is 5.97 Å². The first-order chi connectivity index (χ1) is 33.5. The Morgan fingerprint density at radius 3 is 1.04 bits per heavy atom. The Labute approximate surface area is 424 Å². The number of carbonyl (C=O) groups is 2. The zero-order chi connectivity index (χ0) is 49.3. The summed E-state index contributed by atoms with van der Waals surface area (Å²) in [5.74, 6) is -0.0660. The number of hydrogen-bond donors (Lipinski definition) is 3. The van der Waals surface area contributed by atoms with Crippen LogP contribution in [0, 0.1) is 0 Å². The molecule has 0 aliphatic carbocycles. The average molecular weight is 959 g/mol. The number of nitrogens with one attached hydrogen (secondary N) is 1. The van der Waals surface area contributed by atoms with E-state index in [1.165, 1.54) is 263 Å². The lowest BCUT2D eigenvalue weighted by molar-refractivity contribution is -0.143. The topological polar surface area (TPSA) is 95.9 Å². The zero-order valence-corrected chi connectivity index (χ0v) is 45.9. The smallest absolute Gasteiger partial charge is 0.305 e. The minimum absolute atomic E-state index is 0.0105. The van der Waals surface area contributed by atoms with Crippen LogP contribution < -0.4 is 5.32 Å². The maximum atomic E-state index is 12.4. The summed E-state index contributed by atoms with van der Waals surface area (Å²) in [6, 6.07) is -0.633. The largest absolute Gasteiger partial charge is 0.466 e. The summed E-state index contributed by atoms with van der Waals surface area (Å²) < 4.78 is 5.50. The molecule has 0 aliphatic rings.